The molecule has 0 N–H and O–H groups in total. The van der Waals surface area contributed by atoms with Crippen molar-refractivity contribution in [3.05, 3.63) is 65.7 Å². The largest absolute Gasteiger partial charge is 0.454 e. The zero-order valence-corrected chi connectivity index (χ0v) is 23.3. The Balaban J connectivity index is 1.10. The molecule has 10 nitrogen and oxygen atoms in total. The van der Waals surface area contributed by atoms with Gasteiger partial charge in [-0.3, -0.25) is 9.59 Å². The highest BCUT2D eigenvalue weighted by Gasteiger charge is 2.29. The smallest absolute Gasteiger partial charge is 0.254 e. The molecular formula is C31H35N5O5. The molecule has 0 unspecified atom stereocenters. The van der Waals surface area contributed by atoms with E-state index < -0.39 is 0 Å². The minimum atomic E-state index is -0.215. The maximum absolute atomic E-state index is 13.6. The first-order valence-electron chi connectivity index (χ1n) is 14.3. The number of rotatable bonds is 7. The Morgan fingerprint density at radius 3 is 2.56 bits per heavy atom. The van der Waals surface area contributed by atoms with Crippen LogP contribution in [0.2, 0.25) is 0 Å². The average Bonchev–Trinajstić information content (AvgIpc) is 3.63. The second-order valence-corrected chi connectivity index (χ2v) is 10.8. The number of benzene rings is 2. The molecule has 0 bridgehead atoms. The summed E-state index contributed by atoms with van der Waals surface area (Å²) in [6.07, 6.45) is 2.57. The number of nitrogens with zero attached hydrogens (tertiary/aromatic N) is 5. The molecule has 2 saturated heterocycles. The predicted octanol–water partition coefficient (Wildman–Crippen LogP) is 3.54. The number of amides is 2. The van der Waals surface area contributed by atoms with Crippen LogP contribution in [-0.4, -0.2) is 90.6 Å². The van der Waals surface area contributed by atoms with Gasteiger partial charge in [-0.25, -0.2) is 0 Å². The number of hydrogen-bond acceptors (Lipinski definition) is 8. The number of carbonyl (C=O) groups excluding carboxylic acids is 2. The first-order chi connectivity index (χ1) is 20.0. The monoisotopic (exact) mass is 557 g/mol. The summed E-state index contributed by atoms with van der Waals surface area (Å²) in [4.78, 5) is 32.7. The number of aryl methyl sites for hydroxylation is 1. The van der Waals surface area contributed by atoms with Crippen LogP contribution in [0.3, 0.4) is 0 Å². The van der Waals surface area contributed by atoms with E-state index >= 15 is 0 Å². The van der Waals surface area contributed by atoms with Gasteiger partial charge in [-0.05, 0) is 56.5 Å². The van der Waals surface area contributed by atoms with Crippen LogP contribution in [-0.2, 0) is 9.53 Å². The van der Waals surface area contributed by atoms with Crippen molar-refractivity contribution in [2.75, 3.05) is 57.6 Å². The van der Waals surface area contributed by atoms with Crippen LogP contribution >= 0.6 is 0 Å². The third kappa shape index (κ3) is 6.27. The first-order valence-corrected chi connectivity index (χ1v) is 14.3. The van der Waals surface area contributed by atoms with E-state index in [1.165, 1.54) is 5.56 Å². The highest BCUT2D eigenvalue weighted by molar-refractivity contribution is 5.97. The van der Waals surface area contributed by atoms with Gasteiger partial charge in [-0.2, -0.15) is 0 Å². The zero-order chi connectivity index (χ0) is 28.2. The van der Waals surface area contributed by atoms with Crippen molar-refractivity contribution in [2.24, 2.45) is 0 Å². The van der Waals surface area contributed by atoms with E-state index in [4.69, 9.17) is 14.2 Å². The standard InChI is InChI=1S/C31H35N5O5/c1-22-5-7-23(8-6-22)26-10-12-29(33-32-26)34-13-3-14-35(16-15-34)30(37)20-36(19-25-4-2-17-39-25)31(38)24-9-11-27-28(18-24)41-21-40-27/h5-12,18,25H,2-4,13-17,19-21H2,1H3/t25-/m1/s1. The lowest BCUT2D eigenvalue weighted by molar-refractivity contribution is -0.132. The van der Waals surface area contributed by atoms with Crippen LogP contribution in [0.5, 0.6) is 11.5 Å². The molecule has 4 heterocycles. The van der Waals surface area contributed by atoms with Crippen LogP contribution in [0.1, 0.15) is 35.2 Å². The molecule has 3 aromatic rings. The third-order valence-corrected chi connectivity index (χ3v) is 7.85. The Morgan fingerprint density at radius 2 is 1.78 bits per heavy atom. The molecule has 41 heavy (non-hydrogen) atoms. The maximum atomic E-state index is 13.6. The van der Waals surface area contributed by atoms with E-state index in [1.54, 1.807) is 23.1 Å². The predicted molar refractivity (Wildman–Crippen MR) is 153 cm³/mol. The molecule has 1 aromatic heterocycles. The Kier molecular flexibility index (Phi) is 8.00. The Hall–Kier alpha value is -4.18. The van der Waals surface area contributed by atoms with Crippen LogP contribution in [0.4, 0.5) is 5.82 Å². The fourth-order valence-electron chi connectivity index (χ4n) is 5.50. The molecule has 0 aliphatic carbocycles. The van der Waals surface area contributed by atoms with Gasteiger partial charge in [0.25, 0.3) is 5.91 Å². The summed E-state index contributed by atoms with van der Waals surface area (Å²) in [7, 11) is 0. The summed E-state index contributed by atoms with van der Waals surface area (Å²) in [5.41, 5.74) is 3.54. The second-order valence-electron chi connectivity index (χ2n) is 10.8. The number of anilines is 1. The molecule has 0 saturated carbocycles. The minimum Gasteiger partial charge on any atom is -0.454 e. The molecule has 6 rings (SSSR count). The molecular weight excluding hydrogens is 522 g/mol. The van der Waals surface area contributed by atoms with Gasteiger partial charge in [0.05, 0.1) is 11.8 Å². The van der Waals surface area contributed by atoms with Crippen LogP contribution in [0.25, 0.3) is 11.3 Å². The highest BCUT2D eigenvalue weighted by Crippen LogP contribution is 2.33. The lowest BCUT2D eigenvalue weighted by Gasteiger charge is -2.28. The van der Waals surface area contributed by atoms with Crippen molar-refractivity contribution in [2.45, 2.75) is 32.3 Å². The normalized spacial score (nSPS) is 18.3. The summed E-state index contributed by atoms with van der Waals surface area (Å²) in [5.74, 6) is 1.68. The molecule has 2 aromatic carbocycles. The maximum Gasteiger partial charge on any atom is 0.254 e. The van der Waals surface area contributed by atoms with Gasteiger partial charge in [-0.15, -0.1) is 10.2 Å². The summed E-state index contributed by atoms with van der Waals surface area (Å²) in [5, 5.41) is 8.94. The average molecular weight is 558 g/mol. The van der Waals surface area contributed by atoms with Gasteiger partial charge in [0.1, 0.15) is 6.54 Å². The van der Waals surface area contributed by atoms with E-state index in [0.29, 0.717) is 49.8 Å². The van der Waals surface area contributed by atoms with Crippen molar-refractivity contribution in [1.82, 2.24) is 20.0 Å². The summed E-state index contributed by atoms with van der Waals surface area (Å²) < 4.78 is 16.7. The summed E-state index contributed by atoms with van der Waals surface area (Å²) in [6.45, 7) is 5.85. The molecule has 2 fully saturated rings. The molecule has 3 aliphatic rings. The van der Waals surface area contributed by atoms with E-state index in [1.807, 2.05) is 29.2 Å². The number of hydrogen-bond donors (Lipinski definition) is 0. The lowest BCUT2D eigenvalue weighted by Crippen LogP contribution is -2.46. The Bertz CT molecular complexity index is 1370. The molecule has 0 radical (unpaired) electrons. The first kappa shape index (κ1) is 27.0. The highest BCUT2D eigenvalue weighted by atomic mass is 16.7. The van der Waals surface area contributed by atoms with Crippen molar-refractivity contribution < 1.29 is 23.8 Å². The molecule has 3 aliphatic heterocycles. The second kappa shape index (κ2) is 12.1. The van der Waals surface area contributed by atoms with Gasteiger partial charge in [0, 0.05) is 50.5 Å². The van der Waals surface area contributed by atoms with Crippen molar-refractivity contribution >= 4 is 17.6 Å². The molecule has 214 valence electrons. The van der Waals surface area contributed by atoms with Gasteiger partial charge in [0.2, 0.25) is 12.7 Å². The lowest BCUT2D eigenvalue weighted by atomic mass is 10.1. The Morgan fingerprint density at radius 1 is 0.927 bits per heavy atom. The number of aromatic nitrogens is 2. The molecule has 10 heteroatoms. The third-order valence-electron chi connectivity index (χ3n) is 7.85. The zero-order valence-electron chi connectivity index (χ0n) is 23.3. The van der Waals surface area contributed by atoms with E-state index in [2.05, 4.69) is 34.2 Å². The van der Waals surface area contributed by atoms with E-state index in [9.17, 15) is 9.59 Å². The van der Waals surface area contributed by atoms with Crippen LogP contribution in [0, 0.1) is 6.92 Å². The number of fused-ring (bicyclic) bond motifs is 1. The summed E-state index contributed by atoms with van der Waals surface area (Å²) in [6, 6.07) is 17.4. The van der Waals surface area contributed by atoms with Crippen LogP contribution in [0.15, 0.2) is 54.6 Å². The van der Waals surface area contributed by atoms with Gasteiger partial charge < -0.3 is 28.9 Å². The quantitative estimate of drug-likeness (QED) is 0.435. The fraction of sp³-hybridized carbons (Fsp3) is 0.419. The Labute approximate surface area is 239 Å². The molecule has 1 atom stereocenters. The van der Waals surface area contributed by atoms with E-state index in [0.717, 1.165) is 42.9 Å². The fourth-order valence-corrected chi connectivity index (χ4v) is 5.50. The number of carbonyl (C=O) groups is 2. The minimum absolute atomic E-state index is 0.00180. The van der Waals surface area contributed by atoms with Gasteiger partial charge in [-0.1, -0.05) is 29.8 Å². The topological polar surface area (TPSA) is 97.3 Å². The molecule has 2 amide bonds. The van der Waals surface area contributed by atoms with Crippen molar-refractivity contribution in [3.8, 4) is 22.8 Å². The van der Waals surface area contributed by atoms with Gasteiger partial charge >= 0.3 is 0 Å². The van der Waals surface area contributed by atoms with Crippen LogP contribution < -0.4 is 14.4 Å². The number of ether oxygens (including phenoxy) is 3. The SMILES string of the molecule is Cc1ccc(-c2ccc(N3CCCN(C(=O)CN(C[C@H]4CCCO4)C(=O)c4ccc5c(c4)OCO5)CC3)nn2)cc1. The van der Waals surface area contributed by atoms with E-state index in [-0.39, 0.29) is 31.3 Å². The summed E-state index contributed by atoms with van der Waals surface area (Å²) >= 11 is 0. The van der Waals surface area contributed by atoms with Crippen molar-refractivity contribution in [1.29, 1.82) is 0 Å². The van der Waals surface area contributed by atoms with Gasteiger partial charge in [0.15, 0.2) is 17.3 Å². The molecule has 0 spiro atoms. The van der Waals surface area contributed by atoms with Crippen molar-refractivity contribution in [3.63, 3.8) is 0 Å².